The maximum absolute atomic E-state index is 12.4. The number of hydrogen-bond acceptors (Lipinski definition) is 7. The van der Waals surface area contributed by atoms with Crippen molar-refractivity contribution in [1.29, 1.82) is 0 Å². The van der Waals surface area contributed by atoms with Crippen LogP contribution in [0.4, 0.5) is 5.95 Å². The highest BCUT2D eigenvalue weighted by Gasteiger charge is 2.22. The van der Waals surface area contributed by atoms with Crippen LogP contribution in [0.25, 0.3) is 5.69 Å². The Morgan fingerprint density at radius 3 is 2.67 bits per heavy atom. The monoisotopic (exact) mass is 483 g/mol. The molecule has 7 nitrogen and oxygen atoms in total. The number of aryl methyl sites for hydroxylation is 1. The predicted molar refractivity (Wildman–Crippen MR) is 135 cm³/mol. The highest BCUT2D eigenvalue weighted by atomic mass is 32.2. The molecule has 1 aromatic heterocycles. The third-order valence-electron chi connectivity index (χ3n) is 5.16. The highest BCUT2D eigenvalue weighted by molar-refractivity contribution is 7.99. The summed E-state index contributed by atoms with van der Waals surface area (Å²) in [5, 5.41) is 12.6. The average molecular weight is 484 g/mol. The van der Waals surface area contributed by atoms with Crippen molar-refractivity contribution in [2.75, 3.05) is 49.3 Å². The Morgan fingerprint density at radius 2 is 1.88 bits per heavy atom. The molecule has 174 valence electrons. The number of morpholine rings is 1. The zero-order valence-electron chi connectivity index (χ0n) is 18.8. The van der Waals surface area contributed by atoms with Gasteiger partial charge >= 0.3 is 0 Å². The molecule has 1 saturated heterocycles. The zero-order valence-corrected chi connectivity index (χ0v) is 20.4. The number of amides is 1. The van der Waals surface area contributed by atoms with Crippen molar-refractivity contribution >= 4 is 35.4 Å². The first-order chi connectivity index (χ1) is 16.2. The second-order valence-electron chi connectivity index (χ2n) is 7.71. The lowest BCUT2D eigenvalue weighted by atomic mass is 10.2. The van der Waals surface area contributed by atoms with Gasteiger partial charge in [-0.05, 0) is 48.9 Å². The normalized spacial score (nSPS) is 13.8. The molecular weight excluding hydrogens is 454 g/mol. The number of benzene rings is 2. The van der Waals surface area contributed by atoms with Gasteiger partial charge in [0.05, 0.1) is 24.7 Å². The van der Waals surface area contributed by atoms with E-state index >= 15 is 0 Å². The first kappa shape index (κ1) is 23.7. The molecule has 0 radical (unpaired) electrons. The van der Waals surface area contributed by atoms with Crippen LogP contribution in [0.2, 0.25) is 0 Å². The summed E-state index contributed by atoms with van der Waals surface area (Å²) in [7, 11) is 0. The lowest BCUT2D eigenvalue weighted by Gasteiger charge is -2.28. The minimum atomic E-state index is 0.0106. The van der Waals surface area contributed by atoms with Crippen molar-refractivity contribution in [3.05, 3.63) is 60.2 Å². The van der Waals surface area contributed by atoms with Crippen molar-refractivity contribution in [3.63, 3.8) is 0 Å². The van der Waals surface area contributed by atoms with Crippen molar-refractivity contribution in [3.8, 4) is 5.69 Å². The maximum atomic E-state index is 12.4. The summed E-state index contributed by atoms with van der Waals surface area (Å²) < 4.78 is 7.54. The number of carbonyl (C=O) groups excluding carboxylic acids is 1. The van der Waals surface area contributed by atoms with Crippen molar-refractivity contribution in [1.82, 2.24) is 20.1 Å². The molecule has 0 spiro atoms. The summed E-state index contributed by atoms with van der Waals surface area (Å²) in [4.78, 5) is 15.9. The first-order valence-corrected chi connectivity index (χ1v) is 13.1. The van der Waals surface area contributed by atoms with E-state index in [1.807, 2.05) is 40.6 Å². The summed E-state index contributed by atoms with van der Waals surface area (Å²) in [5.74, 6) is 2.09. The number of nitrogens with one attached hydrogen (secondary N) is 1. The molecular formula is C24H29N5O2S2. The fraction of sp³-hybridized carbons (Fsp3) is 0.375. The molecule has 33 heavy (non-hydrogen) atoms. The van der Waals surface area contributed by atoms with Gasteiger partial charge in [0.2, 0.25) is 11.9 Å². The molecule has 0 bridgehead atoms. The molecule has 1 N–H and O–H groups in total. The minimum Gasteiger partial charge on any atom is -0.378 e. The van der Waals surface area contributed by atoms with E-state index in [2.05, 4.69) is 57.7 Å². The molecule has 1 fully saturated rings. The van der Waals surface area contributed by atoms with Crippen LogP contribution in [0.5, 0.6) is 0 Å². The van der Waals surface area contributed by atoms with E-state index in [0.717, 1.165) is 47.6 Å². The average Bonchev–Trinajstić information content (AvgIpc) is 3.28. The summed E-state index contributed by atoms with van der Waals surface area (Å²) in [5.41, 5.74) is 2.17. The number of carbonyl (C=O) groups is 1. The highest BCUT2D eigenvalue weighted by Crippen LogP contribution is 2.27. The SMILES string of the molecule is Cc1cccc(-n2c(SCC(=O)NCCCSc3ccccc3)nnc2N2CCOCC2)c1. The lowest BCUT2D eigenvalue weighted by Crippen LogP contribution is -2.37. The number of rotatable bonds is 10. The molecule has 0 aliphatic carbocycles. The van der Waals surface area contributed by atoms with Gasteiger partial charge in [-0.1, -0.05) is 42.1 Å². The smallest absolute Gasteiger partial charge is 0.232 e. The van der Waals surface area contributed by atoms with Gasteiger partial charge in [0.25, 0.3) is 0 Å². The van der Waals surface area contributed by atoms with Gasteiger partial charge in [-0.25, -0.2) is 0 Å². The fourth-order valence-corrected chi connectivity index (χ4v) is 5.16. The molecule has 0 unspecified atom stereocenters. The molecule has 2 aromatic carbocycles. The molecule has 9 heteroatoms. The number of nitrogens with zero attached hydrogens (tertiary/aromatic N) is 4. The minimum absolute atomic E-state index is 0.0106. The van der Waals surface area contributed by atoms with Gasteiger partial charge in [-0.3, -0.25) is 9.36 Å². The van der Waals surface area contributed by atoms with E-state index in [-0.39, 0.29) is 5.91 Å². The first-order valence-electron chi connectivity index (χ1n) is 11.1. The fourth-order valence-electron chi connectivity index (χ4n) is 3.50. The van der Waals surface area contributed by atoms with Gasteiger partial charge in [0.15, 0.2) is 5.16 Å². The maximum Gasteiger partial charge on any atom is 0.232 e. The second kappa shape index (κ2) is 12.1. The number of ether oxygens (including phenoxy) is 1. The van der Waals surface area contributed by atoms with Crippen LogP contribution in [0, 0.1) is 6.92 Å². The largest absolute Gasteiger partial charge is 0.378 e. The summed E-state index contributed by atoms with van der Waals surface area (Å²) in [6.45, 7) is 5.63. The molecule has 3 aromatic rings. The molecule has 1 amide bonds. The number of aromatic nitrogens is 3. The molecule has 4 rings (SSSR count). The Labute approximate surface area is 203 Å². The Bertz CT molecular complexity index is 1040. The third kappa shape index (κ3) is 6.75. The van der Waals surface area contributed by atoms with E-state index in [4.69, 9.17) is 4.74 Å². The Hall–Kier alpha value is -2.49. The summed E-state index contributed by atoms with van der Waals surface area (Å²) in [6.07, 6.45) is 0.927. The topological polar surface area (TPSA) is 72.3 Å². The molecule has 1 aliphatic rings. The van der Waals surface area contributed by atoms with Crippen LogP contribution < -0.4 is 10.2 Å². The molecule has 1 aliphatic heterocycles. The second-order valence-corrected chi connectivity index (χ2v) is 9.82. The number of anilines is 1. The van der Waals surface area contributed by atoms with Crippen LogP contribution in [-0.2, 0) is 9.53 Å². The zero-order chi connectivity index (χ0) is 22.9. The van der Waals surface area contributed by atoms with E-state index in [1.165, 1.54) is 16.7 Å². The Kier molecular flexibility index (Phi) is 8.68. The molecule has 0 saturated carbocycles. The van der Waals surface area contributed by atoms with Crippen LogP contribution in [-0.4, -0.2) is 65.0 Å². The molecule has 0 atom stereocenters. The summed E-state index contributed by atoms with van der Waals surface area (Å²) in [6, 6.07) is 18.6. The Balaban J connectivity index is 1.33. The van der Waals surface area contributed by atoms with Crippen LogP contribution in [0.15, 0.2) is 64.6 Å². The Morgan fingerprint density at radius 1 is 1.06 bits per heavy atom. The van der Waals surface area contributed by atoms with Gasteiger partial charge in [0.1, 0.15) is 0 Å². The molecule has 2 heterocycles. The quantitative estimate of drug-likeness (QED) is 0.347. The predicted octanol–water partition coefficient (Wildman–Crippen LogP) is 3.80. The van der Waals surface area contributed by atoms with E-state index in [1.54, 1.807) is 0 Å². The van der Waals surface area contributed by atoms with Gasteiger partial charge in [0, 0.05) is 24.5 Å². The van der Waals surface area contributed by atoms with Gasteiger partial charge in [-0.15, -0.1) is 22.0 Å². The third-order valence-corrected chi connectivity index (χ3v) is 7.18. The van der Waals surface area contributed by atoms with Crippen molar-refractivity contribution < 1.29 is 9.53 Å². The van der Waals surface area contributed by atoms with Gasteiger partial charge < -0.3 is 15.0 Å². The van der Waals surface area contributed by atoms with Crippen molar-refractivity contribution in [2.24, 2.45) is 0 Å². The van der Waals surface area contributed by atoms with Crippen LogP contribution >= 0.6 is 23.5 Å². The van der Waals surface area contributed by atoms with E-state index < -0.39 is 0 Å². The van der Waals surface area contributed by atoms with Gasteiger partial charge in [-0.2, -0.15) is 0 Å². The summed E-state index contributed by atoms with van der Waals surface area (Å²) >= 11 is 3.22. The van der Waals surface area contributed by atoms with Crippen LogP contribution in [0.1, 0.15) is 12.0 Å². The standard InChI is InChI=1S/C24H29N5O2S2/c1-19-7-5-8-20(17-19)29-23(28-12-14-31-15-13-28)26-27-24(29)33-18-22(30)25-11-6-16-32-21-9-3-2-4-10-21/h2-5,7-10,17H,6,11-16,18H2,1H3,(H,25,30). The van der Waals surface area contributed by atoms with E-state index in [0.29, 0.717) is 25.5 Å². The number of hydrogen-bond donors (Lipinski definition) is 1. The van der Waals surface area contributed by atoms with Crippen molar-refractivity contribution in [2.45, 2.75) is 23.4 Å². The number of thioether (sulfide) groups is 2. The van der Waals surface area contributed by atoms with Crippen LogP contribution in [0.3, 0.4) is 0 Å². The lowest BCUT2D eigenvalue weighted by molar-refractivity contribution is -0.118. The van der Waals surface area contributed by atoms with E-state index in [9.17, 15) is 4.79 Å².